The Hall–Kier alpha value is -3.49. The molecule has 5 rings (SSSR count). The van der Waals surface area contributed by atoms with Crippen molar-refractivity contribution in [1.82, 2.24) is 19.7 Å². The number of carbonyl (C=O) groups excluding carboxylic acids is 4. The summed E-state index contributed by atoms with van der Waals surface area (Å²) in [7, 11) is 1.76. The summed E-state index contributed by atoms with van der Waals surface area (Å²) in [5.41, 5.74) is 1.13. The monoisotopic (exact) mass is 408 g/mol. The Bertz CT molecular complexity index is 1040. The molecular formula is C21H20N4O5. The molecule has 3 amide bonds. The van der Waals surface area contributed by atoms with Gasteiger partial charge in [-0.05, 0) is 37.5 Å². The first-order valence-corrected chi connectivity index (χ1v) is 9.96. The van der Waals surface area contributed by atoms with Crippen LogP contribution in [0.5, 0.6) is 0 Å². The number of hydrogen-bond donors (Lipinski definition) is 0. The molecule has 1 aromatic carbocycles. The van der Waals surface area contributed by atoms with Crippen LogP contribution in [-0.4, -0.2) is 49.5 Å². The van der Waals surface area contributed by atoms with Crippen LogP contribution >= 0.6 is 0 Å². The summed E-state index contributed by atoms with van der Waals surface area (Å²) in [5, 5.41) is 4.72. The van der Waals surface area contributed by atoms with Gasteiger partial charge >= 0.3 is 5.97 Å². The summed E-state index contributed by atoms with van der Waals surface area (Å²) in [6, 6.07) is 7.66. The highest BCUT2D eigenvalue weighted by molar-refractivity contribution is 6.20. The number of fused-ring (bicyclic) bond motifs is 1. The summed E-state index contributed by atoms with van der Waals surface area (Å²) in [5.74, 6) is -2.73. The van der Waals surface area contributed by atoms with Crippen LogP contribution in [0.15, 0.2) is 36.5 Å². The number of hydrogen-bond acceptors (Lipinski definition) is 6. The third-order valence-corrected chi connectivity index (χ3v) is 5.98. The van der Waals surface area contributed by atoms with Crippen LogP contribution in [0.2, 0.25) is 0 Å². The van der Waals surface area contributed by atoms with Crippen LogP contribution in [0.25, 0.3) is 0 Å². The molecule has 9 heteroatoms. The zero-order valence-corrected chi connectivity index (χ0v) is 16.4. The van der Waals surface area contributed by atoms with Crippen molar-refractivity contribution in [2.45, 2.75) is 37.8 Å². The summed E-state index contributed by atoms with van der Waals surface area (Å²) >= 11 is 0. The van der Waals surface area contributed by atoms with E-state index in [1.165, 1.54) is 12.1 Å². The molecule has 0 bridgehead atoms. The fraction of sp³-hybridized carbons (Fsp3) is 0.381. The lowest BCUT2D eigenvalue weighted by Crippen LogP contribution is -2.48. The Morgan fingerprint density at radius 2 is 1.70 bits per heavy atom. The molecular weight excluding hydrogens is 388 g/mol. The lowest BCUT2D eigenvalue weighted by atomic mass is 9.86. The minimum Gasteiger partial charge on any atom is -0.330 e. The molecule has 154 valence electrons. The first-order valence-electron chi connectivity index (χ1n) is 9.96. The number of imide groups is 1. The topological polar surface area (TPSA) is 102 Å². The van der Waals surface area contributed by atoms with Gasteiger partial charge in [-0.1, -0.05) is 17.2 Å². The van der Waals surface area contributed by atoms with E-state index in [2.05, 4.69) is 5.10 Å². The molecule has 0 N–H and O–H groups in total. The van der Waals surface area contributed by atoms with Crippen molar-refractivity contribution in [3.8, 4) is 0 Å². The van der Waals surface area contributed by atoms with Crippen LogP contribution in [0.3, 0.4) is 0 Å². The van der Waals surface area contributed by atoms with Crippen molar-refractivity contribution < 1.29 is 24.0 Å². The van der Waals surface area contributed by atoms with E-state index in [1.807, 2.05) is 0 Å². The van der Waals surface area contributed by atoms with Gasteiger partial charge in [0.25, 0.3) is 11.8 Å². The Morgan fingerprint density at radius 3 is 2.27 bits per heavy atom. The largest absolute Gasteiger partial charge is 0.338 e. The van der Waals surface area contributed by atoms with E-state index in [4.69, 9.17) is 4.84 Å². The lowest BCUT2D eigenvalue weighted by molar-refractivity contribution is -0.179. The third kappa shape index (κ3) is 2.80. The molecule has 9 nitrogen and oxygen atoms in total. The highest BCUT2D eigenvalue weighted by Gasteiger charge is 2.49. The molecule has 2 aliphatic heterocycles. The molecule has 3 heterocycles. The number of aromatic nitrogens is 2. The van der Waals surface area contributed by atoms with Crippen molar-refractivity contribution in [3.63, 3.8) is 0 Å². The van der Waals surface area contributed by atoms with Crippen molar-refractivity contribution in [2.24, 2.45) is 13.0 Å². The minimum atomic E-state index is -0.706. The molecule has 1 saturated carbocycles. The second kappa shape index (κ2) is 6.79. The van der Waals surface area contributed by atoms with Gasteiger partial charge in [-0.15, -0.1) is 0 Å². The zero-order chi connectivity index (χ0) is 21.0. The van der Waals surface area contributed by atoms with Gasteiger partial charge in [-0.25, -0.2) is 4.79 Å². The van der Waals surface area contributed by atoms with Crippen LogP contribution < -0.4 is 0 Å². The van der Waals surface area contributed by atoms with E-state index in [-0.39, 0.29) is 35.9 Å². The lowest BCUT2D eigenvalue weighted by Gasteiger charge is -2.40. The number of benzene rings is 1. The van der Waals surface area contributed by atoms with E-state index in [0.717, 1.165) is 18.5 Å². The molecule has 0 radical (unpaired) electrons. The number of amides is 3. The summed E-state index contributed by atoms with van der Waals surface area (Å²) in [6.45, 7) is 0. The van der Waals surface area contributed by atoms with Crippen molar-refractivity contribution in [2.75, 3.05) is 0 Å². The van der Waals surface area contributed by atoms with Crippen molar-refractivity contribution in [3.05, 3.63) is 53.3 Å². The molecule has 1 saturated heterocycles. The molecule has 2 atom stereocenters. The van der Waals surface area contributed by atoms with Crippen LogP contribution in [0.4, 0.5) is 0 Å². The Labute approximate surface area is 172 Å². The van der Waals surface area contributed by atoms with Gasteiger partial charge in [0.05, 0.1) is 28.8 Å². The fourth-order valence-corrected chi connectivity index (χ4v) is 4.38. The average Bonchev–Trinajstić information content (AvgIpc) is 3.45. The number of aryl methyl sites for hydroxylation is 1. The van der Waals surface area contributed by atoms with Crippen molar-refractivity contribution in [1.29, 1.82) is 0 Å². The number of piperidine rings is 1. The van der Waals surface area contributed by atoms with Gasteiger partial charge in [-0.3, -0.25) is 19.1 Å². The highest BCUT2D eigenvalue weighted by Crippen LogP contribution is 2.44. The summed E-state index contributed by atoms with van der Waals surface area (Å²) in [6.07, 6.45) is 3.89. The van der Waals surface area contributed by atoms with E-state index in [1.54, 1.807) is 41.0 Å². The Kier molecular flexibility index (Phi) is 4.19. The zero-order valence-electron chi connectivity index (χ0n) is 16.4. The molecule has 3 aliphatic rings. The Balaban J connectivity index is 1.44. The molecule has 2 aromatic rings. The fourth-order valence-electron chi connectivity index (χ4n) is 4.38. The summed E-state index contributed by atoms with van der Waals surface area (Å²) in [4.78, 5) is 58.1. The van der Waals surface area contributed by atoms with Gasteiger partial charge in [0.2, 0.25) is 5.91 Å². The number of carbonyl (C=O) groups is 4. The van der Waals surface area contributed by atoms with E-state index < -0.39 is 29.7 Å². The van der Waals surface area contributed by atoms with E-state index >= 15 is 0 Å². The number of nitrogens with zero attached hydrogens (tertiary/aromatic N) is 4. The average molecular weight is 408 g/mol. The van der Waals surface area contributed by atoms with Crippen LogP contribution in [0.1, 0.15) is 58.1 Å². The van der Waals surface area contributed by atoms with Gasteiger partial charge in [0, 0.05) is 25.7 Å². The number of hydroxylamine groups is 2. The van der Waals surface area contributed by atoms with Crippen molar-refractivity contribution >= 4 is 23.7 Å². The van der Waals surface area contributed by atoms with E-state index in [0.29, 0.717) is 5.06 Å². The number of likely N-dealkylation sites (tertiary alicyclic amines) is 1. The maximum absolute atomic E-state index is 13.2. The second-order valence-corrected chi connectivity index (χ2v) is 7.86. The first-order chi connectivity index (χ1) is 14.5. The first kappa shape index (κ1) is 18.5. The SMILES string of the molecule is Cn1nccc1C1C(C(=O)ON2C(=O)c3ccccc3C2=O)CCC(=O)N1C1CC1. The highest BCUT2D eigenvalue weighted by atomic mass is 16.7. The molecule has 1 aliphatic carbocycles. The third-order valence-electron chi connectivity index (χ3n) is 5.98. The molecule has 2 fully saturated rings. The summed E-state index contributed by atoms with van der Waals surface area (Å²) < 4.78 is 1.64. The second-order valence-electron chi connectivity index (χ2n) is 7.86. The smallest absolute Gasteiger partial charge is 0.330 e. The quantitative estimate of drug-likeness (QED) is 0.713. The van der Waals surface area contributed by atoms with E-state index in [9.17, 15) is 19.2 Å². The van der Waals surface area contributed by atoms with Gasteiger partial charge in [-0.2, -0.15) is 5.10 Å². The van der Waals surface area contributed by atoms with Crippen LogP contribution in [0, 0.1) is 5.92 Å². The molecule has 30 heavy (non-hydrogen) atoms. The van der Waals surface area contributed by atoms with Gasteiger partial charge < -0.3 is 9.74 Å². The standard InChI is InChI=1S/C21H20N4O5/c1-23-16(10-11-22-23)18-15(8-9-17(26)24(18)12-6-7-12)21(29)30-25-19(27)13-4-2-3-5-14(13)20(25)28/h2-5,10-12,15,18H,6-9H2,1H3. The van der Waals surface area contributed by atoms with Crippen LogP contribution in [-0.2, 0) is 21.5 Å². The molecule has 0 spiro atoms. The maximum Gasteiger partial charge on any atom is 0.338 e. The normalized spacial score (nSPS) is 23.7. The molecule has 2 unspecified atom stereocenters. The number of rotatable bonds is 4. The molecule has 1 aromatic heterocycles. The maximum atomic E-state index is 13.2. The van der Waals surface area contributed by atoms with Gasteiger partial charge in [0.15, 0.2) is 0 Å². The predicted molar refractivity (Wildman–Crippen MR) is 102 cm³/mol. The minimum absolute atomic E-state index is 0.00604. The Morgan fingerprint density at radius 1 is 1.03 bits per heavy atom. The predicted octanol–water partition coefficient (Wildman–Crippen LogP) is 1.62. The van der Waals surface area contributed by atoms with Gasteiger partial charge in [0.1, 0.15) is 0 Å².